The van der Waals surface area contributed by atoms with Gasteiger partial charge in [0, 0.05) is 30.6 Å². The zero-order valence-electron chi connectivity index (χ0n) is 15.8. The summed E-state index contributed by atoms with van der Waals surface area (Å²) in [6, 6.07) is 17.6. The van der Waals surface area contributed by atoms with Crippen LogP contribution < -0.4 is 10.9 Å². The predicted molar refractivity (Wildman–Crippen MR) is 109 cm³/mol. The molecule has 0 spiro atoms. The van der Waals surface area contributed by atoms with Crippen LogP contribution in [0.5, 0.6) is 0 Å². The Bertz CT molecular complexity index is 978. The van der Waals surface area contributed by atoms with Crippen LogP contribution in [-0.4, -0.2) is 43.0 Å². The molecule has 0 aliphatic heterocycles. The lowest BCUT2D eigenvalue weighted by molar-refractivity contribution is -0.120. The van der Waals surface area contributed by atoms with Crippen LogP contribution in [-0.2, 0) is 17.6 Å². The molecule has 0 saturated heterocycles. The highest BCUT2D eigenvalue weighted by Gasteiger charge is 2.07. The molecule has 5 heteroatoms. The van der Waals surface area contributed by atoms with Crippen molar-refractivity contribution in [2.75, 3.05) is 27.2 Å². The molecular formula is C22H25N3O2. The summed E-state index contributed by atoms with van der Waals surface area (Å²) in [4.78, 5) is 29.4. The van der Waals surface area contributed by atoms with Crippen LogP contribution in [0.25, 0.3) is 10.9 Å². The fourth-order valence-corrected chi connectivity index (χ4v) is 3.03. The number of carbonyl (C=O) groups is 1. The lowest BCUT2D eigenvalue weighted by atomic mass is 10.0. The van der Waals surface area contributed by atoms with Crippen molar-refractivity contribution in [2.24, 2.45) is 0 Å². The molecule has 0 bridgehead atoms. The lowest BCUT2D eigenvalue weighted by Gasteiger charge is -2.11. The zero-order chi connectivity index (χ0) is 19.2. The van der Waals surface area contributed by atoms with Gasteiger partial charge in [0.25, 0.3) is 5.56 Å². The van der Waals surface area contributed by atoms with Gasteiger partial charge in [-0.2, -0.15) is 0 Å². The van der Waals surface area contributed by atoms with Gasteiger partial charge in [-0.05, 0) is 48.8 Å². The van der Waals surface area contributed by atoms with E-state index in [9.17, 15) is 9.59 Å². The number of fused-ring (bicyclic) bond motifs is 1. The Hall–Kier alpha value is -2.92. The van der Waals surface area contributed by atoms with E-state index in [0.717, 1.165) is 34.1 Å². The summed E-state index contributed by atoms with van der Waals surface area (Å²) in [5, 5.41) is 3.87. The largest absolute Gasteiger partial charge is 0.355 e. The third-order valence-corrected chi connectivity index (χ3v) is 4.47. The van der Waals surface area contributed by atoms with Gasteiger partial charge in [0.15, 0.2) is 0 Å². The Morgan fingerprint density at radius 1 is 1.04 bits per heavy atom. The van der Waals surface area contributed by atoms with E-state index in [-0.39, 0.29) is 11.5 Å². The number of nitrogens with one attached hydrogen (secondary N) is 2. The van der Waals surface area contributed by atoms with Crippen LogP contribution in [0.2, 0.25) is 0 Å². The average molecular weight is 363 g/mol. The van der Waals surface area contributed by atoms with Gasteiger partial charge in [0.1, 0.15) is 0 Å². The average Bonchev–Trinajstić information content (AvgIpc) is 2.63. The molecule has 3 rings (SSSR count). The number of aromatic amines is 1. The number of benzene rings is 2. The quantitative estimate of drug-likeness (QED) is 0.677. The molecule has 1 heterocycles. The molecule has 0 saturated carbocycles. The molecule has 140 valence electrons. The maximum Gasteiger partial charge on any atom is 0.251 e. The van der Waals surface area contributed by atoms with Gasteiger partial charge in [-0.1, -0.05) is 36.4 Å². The summed E-state index contributed by atoms with van der Waals surface area (Å²) in [5.74, 6) is 0.00475. The van der Waals surface area contributed by atoms with Crippen LogP contribution >= 0.6 is 0 Å². The van der Waals surface area contributed by atoms with Crippen LogP contribution in [0, 0.1) is 0 Å². The van der Waals surface area contributed by atoms with Crippen molar-refractivity contribution in [1.82, 2.24) is 15.2 Å². The number of hydrogen-bond donors (Lipinski definition) is 2. The van der Waals surface area contributed by atoms with Crippen molar-refractivity contribution in [1.29, 1.82) is 0 Å². The topological polar surface area (TPSA) is 65.2 Å². The van der Waals surface area contributed by atoms with Crippen LogP contribution in [0.3, 0.4) is 0 Å². The second-order valence-corrected chi connectivity index (χ2v) is 7.04. The molecule has 0 atom stereocenters. The minimum atomic E-state index is -0.0690. The fourth-order valence-electron chi connectivity index (χ4n) is 3.03. The number of hydrogen-bond acceptors (Lipinski definition) is 3. The normalized spacial score (nSPS) is 11.1. The molecule has 3 aromatic rings. The molecule has 0 radical (unpaired) electrons. The number of carbonyl (C=O) groups excluding carboxylic acids is 1. The first-order valence-electron chi connectivity index (χ1n) is 9.11. The third kappa shape index (κ3) is 5.28. The zero-order valence-corrected chi connectivity index (χ0v) is 15.8. The smallest absolute Gasteiger partial charge is 0.251 e. The molecule has 0 aliphatic carbocycles. The Morgan fingerprint density at radius 2 is 1.81 bits per heavy atom. The van der Waals surface area contributed by atoms with Crippen LogP contribution in [0.1, 0.15) is 16.7 Å². The van der Waals surface area contributed by atoms with Gasteiger partial charge in [-0.15, -0.1) is 0 Å². The third-order valence-electron chi connectivity index (χ3n) is 4.47. The maximum atomic E-state index is 12.3. The number of amides is 1. The molecule has 1 aromatic heterocycles. The summed E-state index contributed by atoms with van der Waals surface area (Å²) in [6.45, 7) is 1.45. The molecule has 2 aromatic carbocycles. The second-order valence-electron chi connectivity index (χ2n) is 7.04. The highest BCUT2D eigenvalue weighted by Crippen LogP contribution is 2.16. The fraction of sp³-hybridized carbons (Fsp3) is 0.273. The highest BCUT2D eigenvalue weighted by molar-refractivity contribution is 5.83. The molecule has 0 fully saturated rings. The SMILES string of the molecule is CN(C)CCNC(=O)Cc1ccc2[nH]c(=O)c(Cc3ccccc3)cc2c1. The van der Waals surface area contributed by atoms with E-state index in [4.69, 9.17) is 0 Å². The Balaban J connectivity index is 1.76. The van der Waals surface area contributed by atoms with E-state index in [0.29, 0.717) is 19.4 Å². The van der Waals surface area contributed by atoms with Crippen LogP contribution in [0.15, 0.2) is 59.4 Å². The van der Waals surface area contributed by atoms with E-state index in [1.807, 2.05) is 73.6 Å². The van der Waals surface area contributed by atoms with Gasteiger partial charge < -0.3 is 15.2 Å². The Kier molecular flexibility index (Phi) is 6.04. The summed E-state index contributed by atoms with van der Waals surface area (Å²) in [6.07, 6.45) is 0.915. The summed E-state index contributed by atoms with van der Waals surface area (Å²) in [5.41, 5.74) is 3.47. The molecule has 5 nitrogen and oxygen atoms in total. The van der Waals surface area contributed by atoms with E-state index in [1.165, 1.54) is 0 Å². The molecule has 27 heavy (non-hydrogen) atoms. The van der Waals surface area contributed by atoms with E-state index >= 15 is 0 Å². The minimum Gasteiger partial charge on any atom is -0.355 e. The van der Waals surface area contributed by atoms with Crippen molar-refractivity contribution in [2.45, 2.75) is 12.8 Å². The van der Waals surface area contributed by atoms with Crippen molar-refractivity contribution >= 4 is 16.8 Å². The van der Waals surface area contributed by atoms with Gasteiger partial charge in [-0.25, -0.2) is 0 Å². The minimum absolute atomic E-state index is 0.00475. The first-order chi connectivity index (χ1) is 13.0. The Morgan fingerprint density at radius 3 is 2.56 bits per heavy atom. The predicted octanol–water partition coefficient (Wildman–Crippen LogP) is 2.34. The highest BCUT2D eigenvalue weighted by atomic mass is 16.1. The van der Waals surface area contributed by atoms with Crippen molar-refractivity contribution in [3.63, 3.8) is 0 Å². The van der Waals surface area contributed by atoms with E-state index in [1.54, 1.807) is 0 Å². The van der Waals surface area contributed by atoms with Crippen molar-refractivity contribution in [3.8, 4) is 0 Å². The number of rotatable bonds is 7. The first-order valence-corrected chi connectivity index (χ1v) is 9.11. The van der Waals surface area contributed by atoms with Gasteiger partial charge >= 0.3 is 0 Å². The number of aromatic nitrogens is 1. The summed E-state index contributed by atoms with van der Waals surface area (Å²) in [7, 11) is 3.95. The van der Waals surface area contributed by atoms with E-state index < -0.39 is 0 Å². The lowest BCUT2D eigenvalue weighted by Crippen LogP contribution is -2.32. The standard InChI is InChI=1S/C22H25N3O2/c1-25(2)11-10-23-21(26)14-17-8-9-20-18(13-17)15-19(22(27)24-20)12-16-6-4-3-5-7-16/h3-9,13,15H,10-12,14H2,1-2H3,(H,23,26)(H,24,27). The number of pyridine rings is 1. The molecular weight excluding hydrogens is 338 g/mol. The van der Waals surface area contributed by atoms with Crippen molar-refractivity contribution < 1.29 is 4.79 Å². The molecule has 2 N–H and O–H groups in total. The number of H-pyrrole nitrogens is 1. The monoisotopic (exact) mass is 363 g/mol. The molecule has 0 unspecified atom stereocenters. The van der Waals surface area contributed by atoms with Gasteiger partial charge in [0.05, 0.1) is 6.42 Å². The molecule has 0 aliphatic rings. The van der Waals surface area contributed by atoms with E-state index in [2.05, 4.69) is 10.3 Å². The summed E-state index contributed by atoms with van der Waals surface area (Å²) < 4.78 is 0. The Labute approximate surface area is 159 Å². The van der Waals surface area contributed by atoms with Gasteiger partial charge in [0.2, 0.25) is 5.91 Å². The van der Waals surface area contributed by atoms with Crippen molar-refractivity contribution in [3.05, 3.63) is 81.6 Å². The molecule has 1 amide bonds. The van der Waals surface area contributed by atoms with Gasteiger partial charge in [-0.3, -0.25) is 9.59 Å². The number of nitrogens with zero attached hydrogens (tertiary/aromatic N) is 1. The maximum absolute atomic E-state index is 12.3. The van der Waals surface area contributed by atoms with Crippen LogP contribution in [0.4, 0.5) is 0 Å². The number of likely N-dealkylation sites (N-methyl/N-ethyl adjacent to an activating group) is 1. The first kappa shape index (κ1) is 18.9. The second kappa shape index (κ2) is 8.64. The summed E-state index contributed by atoms with van der Waals surface area (Å²) >= 11 is 0.